The molecule has 29 nitrogen and oxygen atoms in total. The standard InChI is InChI=1S/C50H34O29/c1-8-7-74-45(68)12-5-16(53)30(58)33(61)19(12)21-25-23-24-26(50(73)78-42(23)38(66)35(21)63)22(36(64)39(67)43(24)77-49(25)72)20-13(6-17(54)31(59)34(20)62)47(70)75-40(8)44-41(9(2)51)76-46(69)11-4-15(52)29(57)32(60)18(11)10-3-14(48(71)79-44)28(56)37(65)27(10)55/h3-6,8-9,40-41,44,51-67H,7H2,1-2H3. The molecule has 2 aromatic heterocycles. The van der Waals surface area contributed by atoms with Crippen molar-refractivity contribution in [2.45, 2.75) is 38.3 Å². The van der Waals surface area contributed by atoms with E-state index in [2.05, 4.69) is 0 Å². The van der Waals surface area contributed by atoms with Crippen LogP contribution in [0.25, 0.3) is 66.1 Å². The molecule has 4 heterocycles. The van der Waals surface area contributed by atoms with Gasteiger partial charge in [-0.05, 0) is 31.2 Å². The number of carbonyl (C=O) groups excluding carboxylic acids is 4. The minimum atomic E-state index is -2.62. The molecular formula is C50H34O29. The van der Waals surface area contributed by atoms with E-state index in [9.17, 15) is 111 Å². The zero-order valence-electron chi connectivity index (χ0n) is 39.4. The molecule has 0 saturated carbocycles. The Kier molecular flexibility index (Phi) is 11.4. The summed E-state index contributed by atoms with van der Waals surface area (Å²) in [6.45, 7) is 0.646. The highest BCUT2D eigenvalue weighted by Crippen LogP contribution is 2.59. The van der Waals surface area contributed by atoms with Crippen LogP contribution in [0, 0.1) is 5.92 Å². The van der Waals surface area contributed by atoms with E-state index in [-0.39, 0.29) is 0 Å². The first-order valence-corrected chi connectivity index (χ1v) is 22.4. The second-order valence-electron chi connectivity index (χ2n) is 18.1. The molecule has 0 aliphatic carbocycles. The van der Waals surface area contributed by atoms with E-state index in [0.717, 1.165) is 13.8 Å². The first-order chi connectivity index (χ1) is 37.1. The molecule has 29 heteroatoms. The molecule has 2 aliphatic rings. The first-order valence-electron chi connectivity index (χ1n) is 22.4. The number of benzene rings is 6. The largest absolute Gasteiger partial charge is 0.504 e. The van der Waals surface area contributed by atoms with Gasteiger partial charge in [0.15, 0.2) is 80.9 Å². The summed E-state index contributed by atoms with van der Waals surface area (Å²) < 4.78 is 33.4. The second-order valence-corrected chi connectivity index (χ2v) is 18.1. The van der Waals surface area contributed by atoms with Crippen LogP contribution in [0.3, 0.4) is 0 Å². The predicted octanol–water partition coefficient (Wildman–Crippen LogP) is 3.26. The van der Waals surface area contributed by atoms with Crippen LogP contribution in [0.15, 0.2) is 42.7 Å². The van der Waals surface area contributed by atoms with Crippen molar-refractivity contribution in [3.05, 3.63) is 67.4 Å². The maximum atomic E-state index is 15.1. The van der Waals surface area contributed by atoms with E-state index < -0.39 is 252 Å². The SMILES string of the molecule is CC(O)C1OC(=O)c2cc(O)c(O)c(O)c2-c2cc(c(O)c(O)c2O)C(=O)OC1C1OC(=O)c2cc(O)c(O)c(O)c2-c2c(O)c(O)c3oc(=O)c4c(c(O)c(O)c5oc(=O)c2c3c54)-c2c(cc(O)c(O)c2O)C(=O)OCC1C. The summed E-state index contributed by atoms with van der Waals surface area (Å²) in [6, 6.07) is 1.64. The van der Waals surface area contributed by atoms with Crippen molar-refractivity contribution in [1.29, 1.82) is 0 Å². The minimum absolute atomic E-state index is 0.318. The average molecular weight is 1100 g/mol. The Morgan fingerprint density at radius 3 is 1.24 bits per heavy atom. The van der Waals surface area contributed by atoms with E-state index in [1.54, 1.807) is 0 Å². The average Bonchev–Trinajstić information content (AvgIpc) is 2.26. The molecule has 2 aliphatic heterocycles. The number of phenolic OH excluding ortho intramolecular Hbond substituents is 16. The number of cyclic esters (lactones) is 4. The third-order valence-corrected chi connectivity index (χ3v) is 13.4. The normalized spacial score (nSPS) is 18.1. The molecule has 408 valence electrons. The fraction of sp³-hybridized carbons (Fsp3) is 0.160. The number of esters is 4. The molecule has 0 fully saturated rings. The number of fused-ring (bicyclic) bond motifs is 8. The summed E-state index contributed by atoms with van der Waals surface area (Å²) in [5, 5.41) is 186. The highest BCUT2D eigenvalue weighted by atomic mass is 16.6. The third-order valence-electron chi connectivity index (χ3n) is 13.4. The van der Waals surface area contributed by atoms with Crippen molar-refractivity contribution >= 4 is 56.6 Å². The first kappa shape index (κ1) is 51.4. The van der Waals surface area contributed by atoms with Gasteiger partial charge in [0.1, 0.15) is 11.7 Å². The Morgan fingerprint density at radius 2 is 0.772 bits per heavy atom. The van der Waals surface area contributed by atoms with E-state index in [0.29, 0.717) is 24.3 Å². The third kappa shape index (κ3) is 7.19. The van der Waals surface area contributed by atoms with Gasteiger partial charge >= 0.3 is 35.1 Å². The number of phenols is 16. The highest BCUT2D eigenvalue weighted by Gasteiger charge is 2.47. The van der Waals surface area contributed by atoms with Crippen molar-refractivity contribution in [2.24, 2.45) is 5.92 Å². The smallest absolute Gasteiger partial charge is 0.345 e. The molecule has 17 N–H and O–H groups in total. The van der Waals surface area contributed by atoms with Crippen LogP contribution in [0.2, 0.25) is 0 Å². The number of aliphatic hydroxyl groups excluding tert-OH is 1. The molecule has 0 spiro atoms. The quantitative estimate of drug-likeness (QED) is 0.0388. The maximum absolute atomic E-state index is 15.1. The molecule has 79 heavy (non-hydrogen) atoms. The van der Waals surface area contributed by atoms with E-state index in [4.69, 9.17) is 27.8 Å². The zero-order chi connectivity index (χ0) is 57.6. The molecule has 0 amide bonds. The molecule has 5 atom stereocenters. The van der Waals surface area contributed by atoms with Crippen molar-refractivity contribution < 1.29 is 134 Å². The lowest BCUT2D eigenvalue weighted by molar-refractivity contribution is -0.131. The minimum Gasteiger partial charge on any atom is -0.504 e. The monoisotopic (exact) mass is 1100 g/mol. The molecular weight excluding hydrogens is 1060 g/mol. The van der Waals surface area contributed by atoms with Gasteiger partial charge in [-0.1, -0.05) is 6.92 Å². The summed E-state index contributed by atoms with van der Waals surface area (Å²) in [5.74, 6) is -32.6. The number of ether oxygens (including phenoxy) is 4. The van der Waals surface area contributed by atoms with Gasteiger partial charge in [-0.15, -0.1) is 0 Å². The molecule has 8 bridgehead atoms. The van der Waals surface area contributed by atoms with Crippen molar-refractivity contribution in [2.75, 3.05) is 6.61 Å². The van der Waals surface area contributed by atoms with Gasteiger partial charge in [-0.3, -0.25) is 0 Å². The Hall–Kier alpha value is -11.1. The number of aliphatic hydroxyl groups is 1. The summed E-state index contributed by atoms with van der Waals surface area (Å²) in [6.07, 6.45) is -9.78. The van der Waals surface area contributed by atoms with Crippen LogP contribution in [-0.2, 0) is 18.9 Å². The van der Waals surface area contributed by atoms with Crippen molar-refractivity contribution in [1.82, 2.24) is 0 Å². The Labute approximate surface area is 433 Å². The van der Waals surface area contributed by atoms with Crippen LogP contribution >= 0.6 is 0 Å². The van der Waals surface area contributed by atoms with Gasteiger partial charge in [-0.2, -0.15) is 0 Å². The number of aromatic hydroxyl groups is 16. The summed E-state index contributed by atoms with van der Waals surface area (Å²) in [5.41, 5.74) is -17.3. The zero-order valence-corrected chi connectivity index (χ0v) is 39.4. The van der Waals surface area contributed by atoms with Crippen LogP contribution in [0.5, 0.6) is 92.0 Å². The molecule has 0 saturated heterocycles. The van der Waals surface area contributed by atoms with Crippen molar-refractivity contribution in [3.63, 3.8) is 0 Å². The molecule has 10 rings (SSSR count). The highest BCUT2D eigenvalue weighted by molar-refractivity contribution is 6.29. The summed E-state index contributed by atoms with van der Waals surface area (Å²) in [7, 11) is 0. The van der Waals surface area contributed by atoms with Crippen molar-refractivity contribution in [3.8, 4) is 125 Å². The van der Waals surface area contributed by atoms with E-state index >= 15 is 4.79 Å². The molecule has 0 radical (unpaired) electrons. The van der Waals surface area contributed by atoms with E-state index in [1.807, 2.05) is 0 Å². The van der Waals surface area contributed by atoms with Gasteiger partial charge in [0.25, 0.3) is 0 Å². The predicted molar refractivity (Wildman–Crippen MR) is 255 cm³/mol. The lowest BCUT2D eigenvalue weighted by Crippen LogP contribution is -2.53. The Balaban J connectivity index is 1.30. The van der Waals surface area contributed by atoms with Crippen LogP contribution < -0.4 is 11.3 Å². The van der Waals surface area contributed by atoms with Gasteiger partial charge in [-0.25, -0.2) is 28.8 Å². The van der Waals surface area contributed by atoms with Gasteiger partial charge in [0.2, 0.25) is 34.5 Å². The topological polar surface area (TPSA) is 510 Å². The number of rotatable bonds is 2. The van der Waals surface area contributed by atoms with Gasteiger partial charge in [0.05, 0.1) is 40.2 Å². The lowest BCUT2D eigenvalue weighted by atomic mass is 9.87. The lowest BCUT2D eigenvalue weighted by Gasteiger charge is -2.36. The Morgan fingerprint density at radius 1 is 0.392 bits per heavy atom. The molecule has 5 unspecified atom stereocenters. The van der Waals surface area contributed by atoms with Crippen LogP contribution in [0.1, 0.15) is 55.3 Å². The fourth-order valence-electron chi connectivity index (χ4n) is 9.66. The number of hydrogen-bond donors (Lipinski definition) is 17. The van der Waals surface area contributed by atoms with Crippen LogP contribution in [-0.4, -0.2) is 142 Å². The number of hydrogen-bond acceptors (Lipinski definition) is 29. The van der Waals surface area contributed by atoms with Gasteiger partial charge in [0, 0.05) is 50.1 Å². The van der Waals surface area contributed by atoms with Gasteiger partial charge < -0.3 is 115 Å². The second kappa shape index (κ2) is 17.5. The summed E-state index contributed by atoms with van der Waals surface area (Å²) >= 11 is 0. The van der Waals surface area contributed by atoms with E-state index in [1.165, 1.54) is 0 Å². The summed E-state index contributed by atoms with van der Waals surface area (Å²) in [4.78, 5) is 86.9. The maximum Gasteiger partial charge on any atom is 0.345 e. The number of carbonyl (C=O) groups is 4. The molecule has 8 aromatic rings. The van der Waals surface area contributed by atoms with Crippen LogP contribution in [0.4, 0.5) is 0 Å². The molecule has 6 aromatic carbocycles. The fourth-order valence-corrected chi connectivity index (χ4v) is 9.66. The Bertz CT molecular complexity index is 4220.